The molecule has 1 amide bonds. The Hall–Kier alpha value is -1.14. The summed E-state index contributed by atoms with van der Waals surface area (Å²) in [6, 6.07) is 10.2. The largest absolute Gasteiger partial charge is 0.349 e. The minimum absolute atomic E-state index is 0.142. The van der Waals surface area contributed by atoms with Gasteiger partial charge in [-0.2, -0.15) is 8.42 Å². The molecule has 1 aromatic carbocycles. The number of hydrogen-bond donors (Lipinski definition) is 1. The molecule has 1 N–H and O–H groups in total. The number of hydrogen-bond acceptors (Lipinski definition) is 3. The topological polar surface area (TPSA) is 63.2 Å². The zero-order valence-electron chi connectivity index (χ0n) is 9.89. The van der Waals surface area contributed by atoms with E-state index in [2.05, 4.69) is 21.2 Å². The van der Waals surface area contributed by atoms with Crippen molar-refractivity contribution < 1.29 is 13.2 Å². The molecule has 4 nitrogen and oxygen atoms in total. The van der Waals surface area contributed by atoms with Gasteiger partial charge in [-0.1, -0.05) is 34.1 Å². The average Bonchev–Trinajstić information content (AvgIpc) is 3.13. The van der Waals surface area contributed by atoms with E-state index in [-0.39, 0.29) is 10.9 Å². The maximum atomic E-state index is 10.9. The van der Waals surface area contributed by atoms with Gasteiger partial charge in [-0.05, 0) is 31.9 Å². The molecule has 2 rings (SSSR count). The third kappa shape index (κ3) is 5.97. The molecule has 1 fully saturated rings. The molecule has 0 heterocycles. The van der Waals surface area contributed by atoms with E-state index in [1.807, 2.05) is 30.3 Å². The predicted molar refractivity (Wildman–Crippen MR) is 74.9 cm³/mol. The molecule has 0 radical (unpaired) electrons. The molecule has 1 saturated carbocycles. The van der Waals surface area contributed by atoms with Crippen molar-refractivity contribution in [2.24, 2.45) is 0 Å². The van der Waals surface area contributed by atoms with Gasteiger partial charge >= 0.3 is 0 Å². The third-order valence-electron chi connectivity index (χ3n) is 2.22. The summed E-state index contributed by atoms with van der Waals surface area (Å²) in [6.07, 6.45) is 1.93. The first kappa shape index (κ1) is 14.9. The van der Waals surface area contributed by atoms with Crippen molar-refractivity contribution in [1.29, 1.82) is 0 Å². The van der Waals surface area contributed by atoms with Crippen LogP contribution in [0.25, 0.3) is 0 Å². The van der Waals surface area contributed by atoms with E-state index in [9.17, 15) is 13.2 Å². The fourth-order valence-electron chi connectivity index (χ4n) is 1.01. The highest BCUT2D eigenvalue weighted by molar-refractivity contribution is 9.10. The minimum Gasteiger partial charge on any atom is -0.349 e. The third-order valence-corrected chi connectivity index (χ3v) is 3.43. The zero-order chi connectivity index (χ0) is 13.5. The van der Waals surface area contributed by atoms with E-state index in [1.54, 1.807) is 0 Å². The number of nitrogens with one attached hydrogen (secondary N) is 1. The molecule has 1 aromatic rings. The number of carbonyl (C=O) groups excluding carboxylic acids is 1. The Balaban J connectivity index is 0.000000199. The Morgan fingerprint density at radius 3 is 2.17 bits per heavy atom. The predicted octanol–water partition coefficient (Wildman–Crippen LogP) is 1.79. The smallest absolute Gasteiger partial charge is 0.262 e. The van der Waals surface area contributed by atoms with Crippen LogP contribution in [0.4, 0.5) is 0 Å². The Morgan fingerprint density at radius 2 is 1.83 bits per heavy atom. The number of amides is 1. The van der Waals surface area contributed by atoms with Gasteiger partial charge < -0.3 is 5.32 Å². The Morgan fingerprint density at radius 1 is 1.28 bits per heavy atom. The summed E-state index contributed by atoms with van der Waals surface area (Å²) in [4.78, 5) is 10.8. The highest BCUT2D eigenvalue weighted by atomic mass is 79.9. The van der Waals surface area contributed by atoms with E-state index in [1.165, 1.54) is 6.92 Å². The SMILES string of the molecule is Brc1ccccc1.CC(C(=O)NC1CC1)=S(=O)=O. The summed E-state index contributed by atoms with van der Waals surface area (Å²) in [5, 5.41) is 2.57. The summed E-state index contributed by atoms with van der Waals surface area (Å²) < 4.78 is 21.6. The minimum atomic E-state index is -2.37. The second-order valence-electron chi connectivity index (χ2n) is 3.83. The van der Waals surface area contributed by atoms with Crippen LogP contribution in [0.2, 0.25) is 0 Å². The van der Waals surface area contributed by atoms with Crippen LogP contribution < -0.4 is 5.32 Å². The fraction of sp³-hybridized carbons (Fsp3) is 0.333. The molecule has 18 heavy (non-hydrogen) atoms. The van der Waals surface area contributed by atoms with Gasteiger partial charge in [0.2, 0.25) is 10.3 Å². The molecule has 98 valence electrons. The van der Waals surface area contributed by atoms with Gasteiger partial charge in [0.05, 0.1) is 0 Å². The van der Waals surface area contributed by atoms with Crippen molar-refractivity contribution >= 4 is 37.0 Å². The normalized spacial score (nSPS) is 13.0. The summed E-state index contributed by atoms with van der Waals surface area (Å²) >= 11 is 3.31. The van der Waals surface area contributed by atoms with E-state index >= 15 is 0 Å². The van der Waals surface area contributed by atoms with Gasteiger partial charge in [0, 0.05) is 10.5 Å². The summed E-state index contributed by atoms with van der Waals surface area (Å²) in [7, 11) is -2.37. The van der Waals surface area contributed by atoms with Crippen LogP contribution in [0, 0.1) is 0 Å². The number of halogens is 1. The lowest BCUT2D eigenvalue weighted by molar-refractivity contribution is -0.114. The van der Waals surface area contributed by atoms with Crippen molar-refractivity contribution in [2.45, 2.75) is 25.8 Å². The van der Waals surface area contributed by atoms with Gasteiger partial charge in [-0.25, -0.2) is 0 Å². The van der Waals surface area contributed by atoms with Crippen molar-refractivity contribution in [3.63, 3.8) is 0 Å². The van der Waals surface area contributed by atoms with Gasteiger partial charge in [0.1, 0.15) is 4.86 Å². The monoisotopic (exact) mass is 331 g/mol. The van der Waals surface area contributed by atoms with Crippen LogP contribution in [-0.2, 0) is 15.1 Å². The quantitative estimate of drug-likeness (QED) is 0.840. The van der Waals surface area contributed by atoms with Crippen molar-refractivity contribution in [3.05, 3.63) is 34.8 Å². The van der Waals surface area contributed by atoms with Gasteiger partial charge in [0.25, 0.3) is 5.91 Å². The molecule has 0 saturated heterocycles. The summed E-state index contributed by atoms with van der Waals surface area (Å²) in [6.45, 7) is 1.29. The maximum Gasteiger partial charge on any atom is 0.262 e. The fourth-order valence-corrected chi connectivity index (χ4v) is 1.52. The second-order valence-corrected chi connectivity index (χ2v) is 5.83. The molecule has 0 unspecified atom stereocenters. The maximum absolute atomic E-state index is 10.9. The molecular formula is C12H14BrNO3S. The Bertz CT molecular complexity index is 528. The molecule has 1 aliphatic carbocycles. The summed E-state index contributed by atoms with van der Waals surface area (Å²) in [5.74, 6) is -0.471. The van der Waals surface area contributed by atoms with Crippen molar-refractivity contribution in [2.75, 3.05) is 0 Å². The number of rotatable bonds is 2. The van der Waals surface area contributed by atoms with Crippen LogP contribution in [0.15, 0.2) is 34.8 Å². The first-order valence-corrected chi connectivity index (χ1v) is 7.31. The van der Waals surface area contributed by atoms with Crippen LogP contribution in [0.1, 0.15) is 19.8 Å². The van der Waals surface area contributed by atoms with Crippen LogP contribution in [-0.4, -0.2) is 25.2 Å². The number of carbonyl (C=O) groups is 1. The van der Waals surface area contributed by atoms with Gasteiger partial charge in [0.15, 0.2) is 0 Å². The lowest BCUT2D eigenvalue weighted by atomic mass is 10.4. The molecule has 0 aromatic heterocycles. The lowest BCUT2D eigenvalue weighted by Crippen LogP contribution is -2.31. The molecule has 0 aliphatic heterocycles. The first-order valence-electron chi connectivity index (χ1n) is 5.45. The number of benzene rings is 1. The molecule has 6 heteroatoms. The van der Waals surface area contributed by atoms with E-state index < -0.39 is 16.2 Å². The average molecular weight is 332 g/mol. The molecule has 1 aliphatic rings. The van der Waals surface area contributed by atoms with E-state index in [0.29, 0.717) is 0 Å². The lowest BCUT2D eigenvalue weighted by Gasteiger charge is -1.97. The van der Waals surface area contributed by atoms with E-state index in [4.69, 9.17) is 0 Å². The molecule has 0 bridgehead atoms. The first-order chi connectivity index (χ1) is 8.50. The van der Waals surface area contributed by atoms with Crippen LogP contribution in [0.5, 0.6) is 0 Å². The van der Waals surface area contributed by atoms with Crippen LogP contribution >= 0.6 is 15.9 Å². The van der Waals surface area contributed by atoms with Crippen LogP contribution in [0.3, 0.4) is 0 Å². The van der Waals surface area contributed by atoms with Gasteiger partial charge in [-0.15, -0.1) is 0 Å². The second kappa shape index (κ2) is 7.33. The zero-order valence-corrected chi connectivity index (χ0v) is 12.3. The van der Waals surface area contributed by atoms with Crippen molar-refractivity contribution in [3.8, 4) is 0 Å². The molecular weight excluding hydrogens is 318 g/mol. The summed E-state index contributed by atoms with van der Waals surface area (Å²) in [5.41, 5.74) is 0. The van der Waals surface area contributed by atoms with Gasteiger partial charge in [-0.3, -0.25) is 4.79 Å². The van der Waals surface area contributed by atoms with Crippen molar-refractivity contribution in [1.82, 2.24) is 5.32 Å². The standard InChI is InChI=1S/C6H5Br.C6H9NO3S/c7-6-4-2-1-3-5-6;1-4(11(9)10)6(8)7-5-2-3-5/h1-5H;5H,2-3H2,1H3,(H,7,8). The highest BCUT2D eigenvalue weighted by Gasteiger charge is 2.24. The Labute approximate surface area is 116 Å². The van der Waals surface area contributed by atoms with E-state index in [0.717, 1.165) is 17.3 Å². The molecule has 0 spiro atoms. The molecule has 0 atom stereocenters. The highest BCUT2D eigenvalue weighted by Crippen LogP contribution is 2.18. The Kier molecular flexibility index (Phi) is 6.07.